The minimum Gasteiger partial charge on any atom is -0.289 e. The molecule has 0 atom stereocenters. The third-order valence-corrected chi connectivity index (χ3v) is 4.38. The summed E-state index contributed by atoms with van der Waals surface area (Å²) in [5.41, 5.74) is 1.25. The highest BCUT2D eigenvalue weighted by atomic mass is 32.2. The van der Waals surface area contributed by atoms with E-state index in [9.17, 15) is 13.2 Å². The third-order valence-electron chi connectivity index (χ3n) is 2.51. The maximum absolute atomic E-state index is 11.7. The van der Waals surface area contributed by atoms with Crippen LogP contribution in [0.5, 0.6) is 0 Å². The molecule has 0 spiro atoms. The fraction of sp³-hybridized carbons (Fsp3) is 0.250. The zero-order valence-electron chi connectivity index (χ0n) is 9.09. The van der Waals surface area contributed by atoms with Gasteiger partial charge in [0, 0.05) is 12.1 Å². The van der Waals surface area contributed by atoms with Gasteiger partial charge in [0.1, 0.15) is 0 Å². The summed E-state index contributed by atoms with van der Waals surface area (Å²) in [5, 5.41) is 0. The first-order valence-electron chi connectivity index (χ1n) is 5.19. The minimum absolute atomic E-state index is 0.192. The molecule has 0 aromatic heterocycles. The standard InChI is InChI=1S/C12H11NO3S/c14-8-2-5-11-4-1-6-12(10-11)13-7-3-9-17(13,15)16/h1,4,6,8,10H,3,7,9H2. The number of hydrogen-bond donors (Lipinski definition) is 0. The molecular weight excluding hydrogens is 238 g/mol. The zero-order valence-corrected chi connectivity index (χ0v) is 9.90. The van der Waals surface area contributed by atoms with Crippen molar-refractivity contribution in [3.05, 3.63) is 29.8 Å². The highest BCUT2D eigenvalue weighted by molar-refractivity contribution is 7.93. The number of carbonyl (C=O) groups excluding carboxylic acids is 1. The number of sulfonamides is 1. The van der Waals surface area contributed by atoms with E-state index in [0.29, 0.717) is 30.5 Å². The number of rotatable bonds is 1. The molecule has 17 heavy (non-hydrogen) atoms. The van der Waals surface area contributed by atoms with E-state index in [4.69, 9.17) is 0 Å². The number of hydrogen-bond acceptors (Lipinski definition) is 3. The quantitative estimate of drug-likeness (QED) is 0.546. The first kappa shape index (κ1) is 11.7. The lowest BCUT2D eigenvalue weighted by Crippen LogP contribution is -2.24. The molecule has 1 fully saturated rings. The van der Waals surface area contributed by atoms with Gasteiger partial charge in [0.05, 0.1) is 11.4 Å². The molecule has 1 aromatic rings. The fourth-order valence-corrected chi connectivity index (χ4v) is 3.34. The van der Waals surface area contributed by atoms with E-state index in [1.54, 1.807) is 24.3 Å². The topological polar surface area (TPSA) is 54.5 Å². The molecule has 0 unspecified atom stereocenters. The van der Waals surface area contributed by atoms with Gasteiger partial charge in [-0.15, -0.1) is 0 Å². The van der Waals surface area contributed by atoms with E-state index >= 15 is 0 Å². The van der Waals surface area contributed by atoms with E-state index in [-0.39, 0.29) is 5.75 Å². The number of aldehydes is 1. The first-order valence-corrected chi connectivity index (χ1v) is 6.80. The highest BCUT2D eigenvalue weighted by Gasteiger charge is 2.28. The Morgan fingerprint density at radius 2 is 2.18 bits per heavy atom. The van der Waals surface area contributed by atoms with E-state index < -0.39 is 10.0 Å². The highest BCUT2D eigenvalue weighted by Crippen LogP contribution is 2.24. The van der Waals surface area contributed by atoms with Gasteiger partial charge >= 0.3 is 0 Å². The van der Waals surface area contributed by atoms with Gasteiger partial charge in [-0.25, -0.2) is 8.42 Å². The van der Waals surface area contributed by atoms with Crippen LogP contribution >= 0.6 is 0 Å². The van der Waals surface area contributed by atoms with Gasteiger partial charge < -0.3 is 0 Å². The molecule has 1 aromatic carbocycles. The van der Waals surface area contributed by atoms with Crippen molar-refractivity contribution < 1.29 is 13.2 Å². The van der Waals surface area contributed by atoms with Crippen LogP contribution in [0, 0.1) is 11.8 Å². The summed E-state index contributed by atoms with van der Waals surface area (Å²) < 4.78 is 24.8. The monoisotopic (exact) mass is 249 g/mol. The molecule has 1 aliphatic rings. The molecule has 0 aliphatic carbocycles. The van der Waals surface area contributed by atoms with Gasteiger partial charge in [0.2, 0.25) is 10.0 Å². The number of carbonyl (C=O) groups is 1. The average molecular weight is 249 g/mol. The molecule has 5 heteroatoms. The summed E-state index contributed by atoms with van der Waals surface area (Å²) in [6, 6.07) is 6.88. The van der Waals surface area contributed by atoms with Crippen molar-refractivity contribution in [3.63, 3.8) is 0 Å². The summed E-state index contributed by atoms with van der Waals surface area (Å²) in [6.45, 7) is 0.507. The second-order valence-corrected chi connectivity index (χ2v) is 5.69. The molecule has 88 valence electrons. The van der Waals surface area contributed by atoms with Crippen LogP contribution in [-0.2, 0) is 14.8 Å². The van der Waals surface area contributed by atoms with Crippen LogP contribution < -0.4 is 4.31 Å². The molecule has 0 saturated carbocycles. The number of anilines is 1. The van der Waals surface area contributed by atoms with Gasteiger partial charge in [-0.05, 0) is 30.5 Å². The van der Waals surface area contributed by atoms with Crippen molar-refractivity contribution in [3.8, 4) is 11.8 Å². The summed E-state index contributed by atoms with van der Waals surface area (Å²) >= 11 is 0. The average Bonchev–Trinajstić information content (AvgIpc) is 2.67. The molecule has 0 amide bonds. The van der Waals surface area contributed by atoms with Crippen LogP contribution in [0.4, 0.5) is 5.69 Å². The molecule has 1 aliphatic heterocycles. The van der Waals surface area contributed by atoms with Crippen molar-refractivity contribution in [1.29, 1.82) is 0 Å². The Labute approximate surface area is 100 Å². The molecule has 4 nitrogen and oxygen atoms in total. The Kier molecular flexibility index (Phi) is 3.16. The normalized spacial score (nSPS) is 17.3. The molecule has 1 saturated heterocycles. The van der Waals surface area contributed by atoms with E-state index in [1.807, 2.05) is 0 Å². The largest absolute Gasteiger partial charge is 0.289 e. The van der Waals surface area contributed by atoms with Gasteiger partial charge in [-0.3, -0.25) is 9.10 Å². The molecule has 1 heterocycles. The number of nitrogens with zero attached hydrogens (tertiary/aromatic N) is 1. The summed E-state index contributed by atoms with van der Waals surface area (Å²) in [5.74, 6) is 5.14. The van der Waals surface area contributed by atoms with Gasteiger partial charge in [0.25, 0.3) is 0 Å². The van der Waals surface area contributed by atoms with Crippen molar-refractivity contribution in [2.45, 2.75) is 6.42 Å². The lowest BCUT2D eigenvalue weighted by atomic mass is 10.2. The van der Waals surface area contributed by atoms with Crippen molar-refractivity contribution in [2.24, 2.45) is 0 Å². The zero-order chi connectivity index (χ0) is 12.3. The number of benzene rings is 1. The molecule has 0 N–H and O–H groups in total. The van der Waals surface area contributed by atoms with Crippen LogP contribution in [0.25, 0.3) is 0 Å². The Morgan fingerprint density at radius 1 is 1.35 bits per heavy atom. The van der Waals surface area contributed by atoms with Crippen molar-refractivity contribution >= 4 is 22.0 Å². The lowest BCUT2D eigenvalue weighted by Gasteiger charge is -2.16. The summed E-state index contributed by atoms with van der Waals surface area (Å²) in [7, 11) is -3.16. The van der Waals surface area contributed by atoms with Crippen LogP contribution in [0.15, 0.2) is 24.3 Å². The minimum atomic E-state index is -3.16. The maximum atomic E-state index is 11.7. The van der Waals surface area contributed by atoms with Crippen molar-refractivity contribution in [1.82, 2.24) is 0 Å². The molecule has 0 bridgehead atoms. The predicted octanol–water partition coefficient (Wildman–Crippen LogP) is 0.777. The van der Waals surface area contributed by atoms with Crippen LogP contribution in [0.3, 0.4) is 0 Å². The van der Waals surface area contributed by atoms with Crippen LogP contribution in [0.2, 0.25) is 0 Å². The van der Waals surface area contributed by atoms with Crippen LogP contribution in [0.1, 0.15) is 12.0 Å². The Hall–Kier alpha value is -1.80. The van der Waals surface area contributed by atoms with E-state index in [1.165, 1.54) is 4.31 Å². The van der Waals surface area contributed by atoms with Crippen LogP contribution in [-0.4, -0.2) is 27.0 Å². The Morgan fingerprint density at radius 3 is 2.82 bits per heavy atom. The van der Waals surface area contributed by atoms with Crippen molar-refractivity contribution in [2.75, 3.05) is 16.6 Å². The fourth-order valence-electron chi connectivity index (χ4n) is 1.78. The summed E-state index contributed by atoms with van der Waals surface area (Å²) in [6.07, 6.45) is 1.16. The Bertz CT molecular complexity index is 596. The summed E-state index contributed by atoms with van der Waals surface area (Å²) in [4.78, 5) is 10.1. The van der Waals surface area contributed by atoms with Gasteiger partial charge in [0.15, 0.2) is 6.29 Å². The Balaban J connectivity index is 2.37. The molecule has 2 rings (SSSR count). The van der Waals surface area contributed by atoms with Gasteiger partial charge in [-0.1, -0.05) is 12.0 Å². The second-order valence-electron chi connectivity index (χ2n) is 3.68. The smallest absolute Gasteiger partial charge is 0.235 e. The molecule has 0 radical (unpaired) electrons. The van der Waals surface area contributed by atoms with E-state index in [2.05, 4.69) is 11.8 Å². The second kappa shape index (κ2) is 4.60. The predicted molar refractivity (Wildman–Crippen MR) is 65.1 cm³/mol. The SMILES string of the molecule is O=CC#Cc1cccc(N2CCCS2(=O)=O)c1. The molecular formula is C12H11NO3S. The lowest BCUT2D eigenvalue weighted by molar-refractivity contribution is -0.103. The third kappa shape index (κ3) is 2.48. The van der Waals surface area contributed by atoms with Gasteiger partial charge in [-0.2, -0.15) is 0 Å². The maximum Gasteiger partial charge on any atom is 0.235 e. The van der Waals surface area contributed by atoms with E-state index in [0.717, 1.165) is 0 Å². The first-order chi connectivity index (χ1) is 8.13.